The standard InChI is InChI=1S/C18H24ClN3O2/c19-15-6-2-1-5-14(15)17(24)22-10-4-9-21(11-12-22)16(23)13-18(20)7-3-8-18/h1-2,5-6H,3-4,7-13,20H2. The third-order valence-corrected chi connectivity index (χ3v) is 5.42. The highest BCUT2D eigenvalue weighted by Crippen LogP contribution is 2.32. The number of nitrogens with two attached hydrogens (primary N) is 1. The fraction of sp³-hybridized carbons (Fsp3) is 0.556. The third kappa shape index (κ3) is 3.73. The fourth-order valence-corrected chi connectivity index (χ4v) is 3.61. The second kappa shape index (κ2) is 7.11. The van der Waals surface area contributed by atoms with Gasteiger partial charge in [-0.1, -0.05) is 23.7 Å². The molecular formula is C18H24ClN3O2. The van der Waals surface area contributed by atoms with Gasteiger partial charge in [-0.25, -0.2) is 0 Å². The van der Waals surface area contributed by atoms with E-state index in [-0.39, 0.29) is 17.4 Å². The normalized spacial score (nSPS) is 20.2. The Bertz CT molecular complexity index is 630. The molecule has 6 heteroatoms. The lowest BCUT2D eigenvalue weighted by Gasteiger charge is -2.38. The minimum absolute atomic E-state index is 0.0656. The van der Waals surface area contributed by atoms with E-state index in [0.717, 1.165) is 25.7 Å². The van der Waals surface area contributed by atoms with Crippen LogP contribution in [0.5, 0.6) is 0 Å². The van der Waals surface area contributed by atoms with Crippen LogP contribution < -0.4 is 5.73 Å². The summed E-state index contributed by atoms with van der Waals surface area (Å²) in [6.07, 6.45) is 4.18. The monoisotopic (exact) mass is 349 g/mol. The quantitative estimate of drug-likeness (QED) is 0.910. The predicted molar refractivity (Wildman–Crippen MR) is 93.9 cm³/mol. The Morgan fingerprint density at radius 1 is 1.04 bits per heavy atom. The molecule has 0 bridgehead atoms. The second-order valence-electron chi connectivity index (χ2n) is 6.90. The summed E-state index contributed by atoms with van der Waals surface area (Å²) in [5.41, 5.74) is 6.42. The fourth-order valence-electron chi connectivity index (χ4n) is 3.40. The van der Waals surface area contributed by atoms with Crippen LogP contribution in [0.1, 0.15) is 42.5 Å². The molecule has 0 aromatic heterocycles. The van der Waals surface area contributed by atoms with Crippen molar-refractivity contribution in [2.75, 3.05) is 26.2 Å². The average Bonchev–Trinajstić information content (AvgIpc) is 2.79. The van der Waals surface area contributed by atoms with E-state index in [4.69, 9.17) is 17.3 Å². The highest BCUT2D eigenvalue weighted by molar-refractivity contribution is 6.33. The van der Waals surface area contributed by atoms with Gasteiger partial charge < -0.3 is 15.5 Å². The highest BCUT2D eigenvalue weighted by Gasteiger charge is 2.36. The molecule has 130 valence electrons. The van der Waals surface area contributed by atoms with Gasteiger partial charge in [-0.15, -0.1) is 0 Å². The smallest absolute Gasteiger partial charge is 0.255 e. The summed E-state index contributed by atoms with van der Waals surface area (Å²) in [5, 5.41) is 0.467. The predicted octanol–water partition coefficient (Wildman–Crippen LogP) is 2.29. The number of benzene rings is 1. The van der Waals surface area contributed by atoms with E-state index in [2.05, 4.69) is 0 Å². The van der Waals surface area contributed by atoms with Gasteiger partial charge in [0.05, 0.1) is 10.6 Å². The molecule has 24 heavy (non-hydrogen) atoms. The summed E-state index contributed by atoms with van der Waals surface area (Å²) < 4.78 is 0. The summed E-state index contributed by atoms with van der Waals surface area (Å²) in [6, 6.07) is 7.09. The van der Waals surface area contributed by atoms with Crippen molar-refractivity contribution >= 4 is 23.4 Å². The lowest BCUT2D eigenvalue weighted by molar-refractivity contribution is -0.133. The molecule has 5 nitrogen and oxygen atoms in total. The van der Waals surface area contributed by atoms with E-state index in [0.29, 0.717) is 43.2 Å². The molecule has 0 unspecified atom stereocenters. The maximum Gasteiger partial charge on any atom is 0.255 e. The van der Waals surface area contributed by atoms with Crippen LogP contribution in [0.4, 0.5) is 0 Å². The summed E-state index contributed by atoms with van der Waals surface area (Å²) in [5.74, 6) is 0.0495. The minimum Gasteiger partial charge on any atom is -0.341 e. The molecule has 1 aromatic rings. The number of nitrogens with zero attached hydrogens (tertiary/aromatic N) is 2. The van der Waals surface area contributed by atoms with Gasteiger partial charge in [0.25, 0.3) is 5.91 Å². The van der Waals surface area contributed by atoms with Gasteiger partial charge in [0, 0.05) is 38.1 Å². The van der Waals surface area contributed by atoms with Gasteiger partial charge in [-0.2, -0.15) is 0 Å². The second-order valence-corrected chi connectivity index (χ2v) is 7.31. The van der Waals surface area contributed by atoms with E-state index < -0.39 is 0 Å². The van der Waals surface area contributed by atoms with E-state index in [1.807, 2.05) is 17.0 Å². The molecule has 1 aliphatic heterocycles. The van der Waals surface area contributed by atoms with Crippen LogP contribution in [-0.4, -0.2) is 53.3 Å². The molecule has 1 saturated carbocycles. The Hall–Kier alpha value is -1.59. The zero-order chi connectivity index (χ0) is 17.2. The van der Waals surface area contributed by atoms with E-state index in [1.165, 1.54) is 0 Å². The molecule has 1 aromatic carbocycles. The summed E-state index contributed by atoms with van der Waals surface area (Å²) in [6.45, 7) is 2.42. The topological polar surface area (TPSA) is 66.6 Å². The van der Waals surface area contributed by atoms with Crippen LogP contribution in [0, 0.1) is 0 Å². The van der Waals surface area contributed by atoms with Crippen LogP contribution in [0.2, 0.25) is 5.02 Å². The van der Waals surface area contributed by atoms with Crippen LogP contribution in [0.15, 0.2) is 24.3 Å². The number of amides is 2. The molecule has 2 aliphatic rings. The number of carbonyl (C=O) groups excluding carboxylic acids is 2. The van der Waals surface area contributed by atoms with Crippen molar-refractivity contribution < 1.29 is 9.59 Å². The minimum atomic E-state index is -0.295. The zero-order valence-electron chi connectivity index (χ0n) is 13.8. The van der Waals surface area contributed by atoms with Gasteiger partial charge >= 0.3 is 0 Å². The van der Waals surface area contributed by atoms with Crippen LogP contribution in [0.25, 0.3) is 0 Å². The van der Waals surface area contributed by atoms with E-state index in [1.54, 1.807) is 17.0 Å². The maximum atomic E-state index is 12.7. The summed E-state index contributed by atoms with van der Waals surface area (Å²) >= 11 is 6.13. The first kappa shape index (κ1) is 17.2. The molecule has 3 rings (SSSR count). The van der Waals surface area contributed by atoms with Crippen molar-refractivity contribution in [3.63, 3.8) is 0 Å². The molecule has 1 saturated heterocycles. The summed E-state index contributed by atoms with van der Waals surface area (Å²) in [4.78, 5) is 28.8. The molecular weight excluding hydrogens is 326 g/mol. The van der Waals surface area contributed by atoms with Crippen molar-refractivity contribution in [2.45, 2.75) is 37.6 Å². The lowest BCUT2D eigenvalue weighted by Crippen LogP contribution is -2.51. The van der Waals surface area contributed by atoms with E-state index in [9.17, 15) is 9.59 Å². The Labute approximate surface area is 147 Å². The number of carbonyl (C=O) groups is 2. The number of rotatable bonds is 3. The first-order chi connectivity index (χ1) is 11.5. The highest BCUT2D eigenvalue weighted by atomic mass is 35.5. The molecule has 2 fully saturated rings. The molecule has 2 N–H and O–H groups in total. The molecule has 1 aliphatic carbocycles. The molecule has 0 atom stereocenters. The van der Waals surface area contributed by atoms with Crippen molar-refractivity contribution in [3.05, 3.63) is 34.9 Å². The first-order valence-corrected chi connectivity index (χ1v) is 8.97. The Morgan fingerprint density at radius 2 is 1.71 bits per heavy atom. The van der Waals surface area contributed by atoms with Gasteiger partial charge in [0.15, 0.2) is 0 Å². The van der Waals surface area contributed by atoms with Gasteiger partial charge in [0.2, 0.25) is 5.91 Å². The van der Waals surface area contributed by atoms with Crippen molar-refractivity contribution in [2.24, 2.45) is 5.73 Å². The van der Waals surface area contributed by atoms with Crippen molar-refractivity contribution in [1.82, 2.24) is 9.80 Å². The largest absolute Gasteiger partial charge is 0.341 e. The molecule has 1 heterocycles. The Kier molecular flexibility index (Phi) is 5.11. The summed E-state index contributed by atoms with van der Waals surface area (Å²) in [7, 11) is 0. The number of halogens is 1. The Balaban J connectivity index is 1.59. The van der Waals surface area contributed by atoms with Crippen LogP contribution in [0.3, 0.4) is 0 Å². The number of hydrogen-bond donors (Lipinski definition) is 1. The average molecular weight is 350 g/mol. The van der Waals surface area contributed by atoms with Gasteiger partial charge in [0.1, 0.15) is 0 Å². The van der Waals surface area contributed by atoms with E-state index >= 15 is 0 Å². The third-order valence-electron chi connectivity index (χ3n) is 5.09. The lowest BCUT2D eigenvalue weighted by atomic mass is 9.75. The van der Waals surface area contributed by atoms with Gasteiger partial charge in [-0.05, 0) is 37.8 Å². The molecule has 0 radical (unpaired) electrons. The zero-order valence-corrected chi connectivity index (χ0v) is 14.6. The van der Waals surface area contributed by atoms with Gasteiger partial charge in [-0.3, -0.25) is 9.59 Å². The van der Waals surface area contributed by atoms with Crippen molar-refractivity contribution in [3.8, 4) is 0 Å². The molecule has 0 spiro atoms. The SMILES string of the molecule is NC1(CC(=O)N2CCCN(C(=O)c3ccccc3Cl)CC2)CCC1. The molecule has 2 amide bonds. The first-order valence-electron chi connectivity index (χ1n) is 8.59. The van der Waals surface area contributed by atoms with Crippen molar-refractivity contribution in [1.29, 1.82) is 0 Å². The van der Waals surface area contributed by atoms with Crippen LogP contribution >= 0.6 is 11.6 Å². The maximum absolute atomic E-state index is 12.7. The Morgan fingerprint density at radius 3 is 2.38 bits per heavy atom. The van der Waals surface area contributed by atoms with Crippen LogP contribution in [-0.2, 0) is 4.79 Å². The number of hydrogen-bond acceptors (Lipinski definition) is 3.